The molecule has 0 aromatic rings. The van der Waals surface area contributed by atoms with Crippen LogP contribution in [0, 0.1) is 0 Å². The summed E-state index contributed by atoms with van der Waals surface area (Å²) >= 11 is -0.0128. The maximum absolute atomic E-state index is 11.9. The second kappa shape index (κ2) is 6.12. The normalized spacial score (nSPS) is 21.0. The van der Waals surface area contributed by atoms with Gasteiger partial charge in [-0.3, -0.25) is 0 Å². The smallest absolute Gasteiger partial charge is 0.394 e. The Hall–Kier alpha value is 0.0600. The van der Waals surface area contributed by atoms with Gasteiger partial charge in [0.05, 0.1) is 6.61 Å². The molecule has 16 heavy (non-hydrogen) atoms. The van der Waals surface area contributed by atoms with Crippen LogP contribution < -0.4 is 5.32 Å². The number of hydrogen-bond donors (Lipinski definition) is 2. The van der Waals surface area contributed by atoms with Gasteiger partial charge in [-0.25, -0.2) is 0 Å². The van der Waals surface area contributed by atoms with E-state index in [0.717, 1.165) is 32.1 Å². The van der Waals surface area contributed by atoms with Crippen molar-refractivity contribution in [1.82, 2.24) is 5.32 Å². The first kappa shape index (κ1) is 14.1. The number of halogens is 3. The van der Waals surface area contributed by atoms with Gasteiger partial charge in [-0.15, -0.1) is 0 Å². The molecule has 0 aromatic heterocycles. The number of rotatable bonds is 5. The molecule has 0 saturated heterocycles. The van der Waals surface area contributed by atoms with E-state index < -0.39 is 5.51 Å². The Morgan fingerprint density at radius 3 is 2.31 bits per heavy atom. The van der Waals surface area contributed by atoms with E-state index in [2.05, 4.69) is 5.32 Å². The molecule has 0 heterocycles. The lowest BCUT2D eigenvalue weighted by molar-refractivity contribution is -0.0328. The molecule has 1 fully saturated rings. The molecule has 0 amide bonds. The van der Waals surface area contributed by atoms with Crippen molar-refractivity contribution >= 4 is 11.8 Å². The molecule has 96 valence electrons. The van der Waals surface area contributed by atoms with Gasteiger partial charge in [0.1, 0.15) is 0 Å². The van der Waals surface area contributed by atoms with Crippen LogP contribution in [0.5, 0.6) is 0 Å². The molecule has 0 aliphatic heterocycles. The van der Waals surface area contributed by atoms with Crippen LogP contribution >= 0.6 is 11.8 Å². The minimum absolute atomic E-state index is 0.00521. The molecule has 1 aliphatic carbocycles. The topological polar surface area (TPSA) is 32.3 Å². The number of nitrogens with one attached hydrogen (secondary N) is 1. The zero-order chi connectivity index (χ0) is 12.1. The highest BCUT2D eigenvalue weighted by atomic mass is 32.2. The summed E-state index contributed by atoms with van der Waals surface area (Å²) in [5.74, 6) is 0.00521. The highest BCUT2D eigenvalue weighted by Crippen LogP contribution is 2.30. The Morgan fingerprint density at radius 1 is 1.19 bits per heavy atom. The third kappa shape index (κ3) is 4.93. The highest BCUT2D eigenvalue weighted by Gasteiger charge is 2.32. The fourth-order valence-electron chi connectivity index (χ4n) is 2.10. The lowest BCUT2D eigenvalue weighted by Crippen LogP contribution is -2.50. The quantitative estimate of drug-likeness (QED) is 0.742. The Balaban J connectivity index is 2.23. The van der Waals surface area contributed by atoms with Crippen LogP contribution in [0.15, 0.2) is 0 Å². The second-order valence-corrected chi connectivity index (χ2v) is 5.38. The molecule has 0 atom stereocenters. The Labute approximate surface area is 98.0 Å². The molecular formula is C10H18F3NOS. The Morgan fingerprint density at radius 2 is 1.81 bits per heavy atom. The molecule has 0 unspecified atom stereocenters. The zero-order valence-electron chi connectivity index (χ0n) is 9.15. The van der Waals surface area contributed by atoms with E-state index in [-0.39, 0.29) is 29.7 Å². The molecule has 1 aliphatic rings. The first-order valence-corrected chi connectivity index (χ1v) is 6.53. The van der Waals surface area contributed by atoms with E-state index >= 15 is 0 Å². The SMILES string of the molecule is OCC1(NCCSC(F)(F)F)CCCCC1. The van der Waals surface area contributed by atoms with Crippen molar-refractivity contribution in [3.05, 3.63) is 0 Å². The van der Waals surface area contributed by atoms with Gasteiger partial charge < -0.3 is 10.4 Å². The average molecular weight is 257 g/mol. The Kier molecular flexibility index (Phi) is 5.40. The third-order valence-electron chi connectivity index (χ3n) is 2.98. The van der Waals surface area contributed by atoms with Crippen LogP contribution in [-0.4, -0.2) is 35.1 Å². The van der Waals surface area contributed by atoms with E-state index in [9.17, 15) is 18.3 Å². The monoisotopic (exact) mass is 257 g/mol. The van der Waals surface area contributed by atoms with Crippen LogP contribution in [0.3, 0.4) is 0 Å². The lowest BCUT2D eigenvalue weighted by atomic mass is 9.82. The minimum atomic E-state index is -4.15. The number of aliphatic hydroxyl groups excluding tert-OH is 1. The maximum atomic E-state index is 11.9. The molecule has 1 saturated carbocycles. The summed E-state index contributed by atoms with van der Waals surface area (Å²) in [6, 6.07) is 0. The predicted molar refractivity (Wildman–Crippen MR) is 59.4 cm³/mol. The van der Waals surface area contributed by atoms with Crippen molar-refractivity contribution in [3.8, 4) is 0 Å². The highest BCUT2D eigenvalue weighted by molar-refractivity contribution is 8.00. The van der Waals surface area contributed by atoms with Crippen LogP contribution in [0.1, 0.15) is 32.1 Å². The van der Waals surface area contributed by atoms with Crippen molar-refractivity contribution in [2.45, 2.75) is 43.2 Å². The van der Waals surface area contributed by atoms with Gasteiger partial charge in [-0.1, -0.05) is 19.3 Å². The zero-order valence-corrected chi connectivity index (χ0v) is 9.96. The van der Waals surface area contributed by atoms with E-state index in [4.69, 9.17) is 0 Å². The minimum Gasteiger partial charge on any atom is -0.394 e. The maximum Gasteiger partial charge on any atom is 0.441 e. The van der Waals surface area contributed by atoms with Gasteiger partial charge in [0.2, 0.25) is 0 Å². The average Bonchev–Trinajstić information content (AvgIpc) is 2.25. The summed E-state index contributed by atoms with van der Waals surface area (Å²) in [6.07, 6.45) is 4.96. The fraction of sp³-hybridized carbons (Fsp3) is 1.00. The van der Waals surface area contributed by atoms with Gasteiger partial charge in [0.25, 0.3) is 0 Å². The first-order chi connectivity index (χ1) is 7.47. The number of thioether (sulfide) groups is 1. The molecule has 0 radical (unpaired) electrons. The first-order valence-electron chi connectivity index (χ1n) is 5.54. The number of hydrogen-bond acceptors (Lipinski definition) is 3. The van der Waals surface area contributed by atoms with Crippen molar-refractivity contribution in [2.24, 2.45) is 0 Å². The molecule has 0 spiro atoms. The van der Waals surface area contributed by atoms with Gasteiger partial charge >= 0.3 is 5.51 Å². The summed E-state index contributed by atoms with van der Waals surface area (Å²) in [5, 5.41) is 12.4. The molecule has 2 N–H and O–H groups in total. The summed E-state index contributed by atoms with van der Waals surface area (Å²) < 4.78 is 35.7. The summed E-state index contributed by atoms with van der Waals surface area (Å²) in [6.45, 7) is 0.314. The predicted octanol–water partition coefficient (Wildman–Crippen LogP) is 2.52. The Bertz CT molecular complexity index is 205. The summed E-state index contributed by atoms with van der Waals surface area (Å²) in [5.41, 5.74) is -4.48. The fourth-order valence-corrected chi connectivity index (χ4v) is 2.54. The number of aliphatic hydroxyl groups is 1. The van der Waals surface area contributed by atoms with Crippen molar-refractivity contribution in [2.75, 3.05) is 18.9 Å². The third-order valence-corrected chi connectivity index (χ3v) is 3.72. The van der Waals surface area contributed by atoms with E-state index in [0.29, 0.717) is 6.54 Å². The van der Waals surface area contributed by atoms with Crippen LogP contribution in [0.2, 0.25) is 0 Å². The van der Waals surface area contributed by atoms with Gasteiger partial charge in [0.15, 0.2) is 0 Å². The molecular weight excluding hydrogens is 239 g/mol. The summed E-state index contributed by atoms with van der Waals surface area (Å²) in [7, 11) is 0. The number of alkyl halides is 3. The van der Waals surface area contributed by atoms with Gasteiger partial charge in [-0.2, -0.15) is 13.2 Å². The molecule has 2 nitrogen and oxygen atoms in total. The van der Waals surface area contributed by atoms with Crippen molar-refractivity contribution in [3.63, 3.8) is 0 Å². The van der Waals surface area contributed by atoms with Crippen LogP contribution in [-0.2, 0) is 0 Å². The van der Waals surface area contributed by atoms with Gasteiger partial charge in [-0.05, 0) is 24.6 Å². The molecule has 1 rings (SSSR count). The van der Waals surface area contributed by atoms with Crippen molar-refractivity contribution < 1.29 is 18.3 Å². The molecule has 0 bridgehead atoms. The van der Waals surface area contributed by atoms with E-state index in [1.807, 2.05) is 0 Å². The lowest BCUT2D eigenvalue weighted by Gasteiger charge is -2.36. The van der Waals surface area contributed by atoms with Gasteiger partial charge in [0, 0.05) is 17.8 Å². The summed E-state index contributed by atoms with van der Waals surface area (Å²) in [4.78, 5) is 0. The van der Waals surface area contributed by atoms with E-state index in [1.54, 1.807) is 0 Å². The van der Waals surface area contributed by atoms with E-state index in [1.165, 1.54) is 0 Å². The largest absolute Gasteiger partial charge is 0.441 e. The van der Waals surface area contributed by atoms with Crippen molar-refractivity contribution in [1.29, 1.82) is 0 Å². The molecule has 6 heteroatoms. The van der Waals surface area contributed by atoms with Crippen LogP contribution in [0.25, 0.3) is 0 Å². The standard InChI is InChI=1S/C10H18F3NOS/c11-10(12,13)16-7-6-14-9(8-15)4-2-1-3-5-9/h14-15H,1-8H2. The second-order valence-electron chi connectivity index (χ2n) is 4.22. The van der Waals surface area contributed by atoms with Crippen LogP contribution in [0.4, 0.5) is 13.2 Å². The molecule has 0 aromatic carbocycles.